The molecule has 3 aromatic rings. The second-order valence-corrected chi connectivity index (χ2v) is 5.65. The van der Waals surface area contributed by atoms with Gasteiger partial charge in [0, 0.05) is 18.6 Å². The Balaban J connectivity index is 1.84. The van der Waals surface area contributed by atoms with Gasteiger partial charge in [-0.1, -0.05) is 35.9 Å². The number of amides is 1. The van der Waals surface area contributed by atoms with Crippen LogP contribution in [0.3, 0.4) is 0 Å². The molecule has 3 rings (SSSR count). The molecule has 5 nitrogen and oxygen atoms in total. The third-order valence-electron chi connectivity index (χ3n) is 3.50. The smallest absolute Gasteiger partial charge is 0.260 e. The summed E-state index contributed by atoms with van der Waals surface area (Å²) in [5, 5.41) is 1.35. The van der Waals surface area contributed by atoms with E-state index < -0.39 is 11.5 Å². The first-order valence-corrected chi connectivity index (χ1v) is 7.41. The largest absolute Gasteiger partial charge is 0.336 e. The maximum atomic E-state index is 12.4. The lowest BCUT2D eigenvalue weighted by atomic mass is 10.2. The summed E-state index contributed by atoms with van der Waals surface area (Å²) in [5.74, 6) is -0.399. The van der Waals surface area contributed by atoms with E-state index in [4.69, 9.17) is 11.6 Å². The van der Waals surface area contributed by atoms with Crippen molar-refractivity contribution in [2.24, 2.45) is 0 Å². The maximum Gasteiger partial charge on any atom is 0.260 e. The number of H-pyrrole nitrogens is 1. The number of carbonyl (C=O) groups is 1. The van der Waals surface area contributed by atoms with Crippen LogP contribution < -0.4 is 5.56 Å². The molecule has 0 fully saturated rings. The van der Waals surface area contributed by atoms with Crippen molar-refractivity contribution in [2.45, 2.75) is 6.54 Å². The predicted molar refractivity (Wildman–Crippen MR) is 89.6 cm³/mol. The van der Waals surface area contributed by atoms with Crippen molar-refractivity contribution in [3.63, 3.8) is 0 Å². The zero-order chi connectivity index (χ0) is 16.4. The molecule has 0 saturated carbocycles. The first-order valence-electron chi connectivity index (χ1n) is 7.03. The normalized spacial score (nSPS) is 10.7. The number of pyridine rings is 2. The zero-order valence-electron chi connectivity index (χ0n) is 12.4. The minimum Gasteiger partial charge on any atom is -0.336 e. The monoisotopic (exact) mass is 327 g/mol. The molecule has 0 spiro atoms. The van der Waals surface area contributed by atoms with Crippen LogP contribution in [-0.4, -0.2) is 27.8 Å². The summed E-state index contributed by atoms with van der Waals surface area (Å²) in [7, 11) is 1.62. The number of nitrogens with zero attached hydrogens (tertiary/aromatic N) is 2. The topological polar surface area (TPSA) is 66.1 Å². The molecule has 1 N–H and O–H groups in total. The summed E-state index contributed by atoms with van der Waals surface area (Å²) in [5.41, 5.74) is 1.17. The zero-order valence-corrected chi connectivity index (χ0v) is 13.2. The van der Waals surface area contributed by atoms with Crippen molar-refractivity contribution in [3.05, 3.63) is 75.3 Å². The van der Waals surface area contributed by atoms with Gasteiger partial charge in [-0.2, -0.15) is 0 Å². The highest BCUT2D eigenvalue weighted by Gasteiger charge is 2.16. The molecule has 2 heterocycles. The fourth-order valence-corrected chi connectivity index (χ4v) is 2.50. The van der Waals surface area contributed by atoms with E-state index in [1.165, 1.54) is 17.2 Å². The average Bonchev–Trinajstić information content (AvgIpc) is 2.56. The summed E-state index contributed by atoms with van der Waals surface area (Å²) in [6, 6.07) is 13.0. The van der Waals surface area contributed by atoms with E-state index in [1.54, 1.807) is 7.05 Å². The number of para-hydroxylation sites is 1. The van der Waals surface area contributed by atoms with E-state index >= 15 is 0 Å². The number of aromatic nitrogens is 2. The number of fused-ring (bicyclic) bond motifs is 1. The fourth-order valence-electron chi connectivity index (χ4n) is 2.33. The molecule has 1 aromatic carbocycles. The first-order chi connectivity index (χ1) is 11.0. The van der Waals surface area contributed by atoms with Crippen LogP contribution >= 0.6 is 11.6 Å². The van der Waals surface area contributed by atoms with Crippen LogP contribution in [-0.2, 0) is 6.54 Å². The van der Waals surface area contributed by atoms with Gasteiger partial charge in [0.15, 0.2) is 0 Å². The Kier molecular flexibility index (Phi) is 4.12. The molecule has 2 aromatic heterocycles. The Morgan fingerprint density at radius 3 is 2.87 bits per heavy atom. The van der Waals surface area contributed by atoms with Crippen molar-refractivity contribution >= 4 is 28.4 Å². The summed E-state index contributed by atoms with van der Waals surface area (Å²) < 4.78 is 0. The van der Waals surface area contributed by atoms with Gasteiger partial charge < -0.3 is 9.88 Å². The molecule has 23 heavy (non-hydrogen) atoms. The van der Waals surface area contributed by atoms with Gasteiger partial charge in [0.25, 0.3) is 11.5 Å². The van der Waals surface area contributed by atoms with Crippen molar-refractivity contribution < 1.29 is 4.79 Å². The van der Waals surface area contributed by atoms with Crippen LogP contribution in [0.2, 0.25) is 5.02 Å². The second kappa shape index (κ2) is 6.22. The summed E-state index contributed by atoms with van der Waals surface area (Å²) in [6.07, 6.45) is 1.35. The van der Waals surface area contributed by atoms with Crippen LogP contribution in [0.25, 0.3) is 10.9 Å². The Morgan fingerprint density at radius 1 is 1.26 bits per heavy atom. The van der Waals surface area contributed by atoms with Gasteiger partial charge in [-0.25, -0.2) is 0 Å². The van der Waals surface area contributed by atoms with E-state index in [0.717, 1.165) is 16.6 Å². The molecule has 0 aliphatic carbocycles. The summed E-state index contributed by atoms with van der Waals surface area (Å²) >= 11 is 5.84. The van der Waals surface area contributed by atoms with Crippen LogP contribution in [0.4, 0.5) is 0 Å². The number of aromatic amines is 1. The van der Waals surface area contributed by atoms with Crippen molar-refractivity contribution in [1.82, 2.24) is 14.9 Å². The molecule has 0 saturated heterocycles. The molecule has 6 heteroatoms. The van der Waals surface area contributed by atoms with E-state index in [1.807, 2.05) is 36.4 Å². The Labute approximate surface area is 137 Å². The molecular formula is C17H14ClN3O2. The van der Waals surface area contributed by atoms with Crippen LogP contribution in [0.15, 0.2) is 53.5 Å². The number of hydrogen-bond acceptors (Lipinski definition) is 3. The van der Waals surface area contributed by atoms with Gasteiger partial charge in [-0.05, 0) is 18.2 Å². The lowest BCUT2D eigenvalue weighted by Crippen LogP contribution is -2.31. The van der Waals surface area contributed by atoms with Crippen molar-refractivity contribution in [2.75, 3.05) is 7.05 Å². The number of carbonyl (C=O) groups excluding carboxylic acids is 1. The standard InChI is InChI=1S/C17H14ClN3O2/c1-21(17(23)14-8-12(18)9-19-16(14)22)10-13-7-6-11-4-2-3-5-15(11)20-13/h2-9H,10H2,1H3,(H,19,22). The quantitative estimate of drug-likeness (QED) is 0.804. The molecule has 0 aliphatic heterocycles. The van der Waals surface area contributed by atoms with Crippen LogP contribution in [0, 0.1) is 0 Å². The molecule has 0 bridgehead atoms. The lowest BCUT2D eigenvalue weighted by molar-refractivity contribution is 0.0781. The highest BCUT2D eigenvalue weighted by molar-refractivity contribution is 6.30. The number of hydrogen-bond donors (Lipinski definition) is 1. The highest BCUT2D eigenvalue weighted by atomic mass is 35.5. The summed E-state index contributed by atoms with van der Waals surface area (Å²) in [4.78, 5) is 32.6. The first kappa shape index (κ1) is 15.2. The van der Waals surface area contributed by atoms with Gasteiger partial charge in [-0.3, -0.25) is 14.6 Å². The average molecular weight is 328 g/mol. The fraction of sp³-hybridized carbons (Fsp3) is 0.118. The van der Waals surface area contributed by atoms with Crippen LogP contribution in [0.5, 0.6) is 0 Å². The number of halogens is 1. The lowest BCUT2D eigenvalue weighted by Gasteiger charge is -2.16. The van der Waals surface area contributed by atoms with E-state index in [-0.39, 0.29) is 5.56 Å². The molecule has 116 valence electrons. The molecule has 0 atom stereocenters. The Morgan fingerprint density at radius 2 is 2.04 bits per heavy atom. The molecule has 0 unspecified atom stereocenters. The minimum absolute atomic E-state index is 0.0146. The van der Waals surface area contributed by atoms with Gasteiger partial charge in [0.2, 0.25) is 0 Å². The summed E-state index contributed by atoms with van der Waals surface area (Å²) in [6.45, 7) is 0.301. The predicted octanol–water partition coefficient (Wildman–Crippen LogP) is 2.85. The number of benzene rings is 1. The number of rotatable bonds is 3. The van der Waals surface area contributed by atoms with Crippen molar-refractivity contribution in [1.29, 1.82) is 0 Å². The second-order valence-electron chi connectivity index (χ2n) is 5.22. The number of nitrogens with one attached hydrogen (secondary N) is 1. The maximum absolute atomic E-state index is 12.4. The van der Waals surface area contributed by atoms with E-state index in [9.17, 15) is 9.59 Å². The van der Waals surface area contributed by atoms with Crippen molar-refractivity contribution in [3.8, 4) is 0 Å². The van der Waals surface area contributed by atoms with Crippen LogP contribution in [0.1, 0.15) is 16.1 Å². The highest BCUT2D eigenvalue weighted by Crippen LogP contribution is 2.14. The SMILES string of the molecule is CN(Cc1ccc2ccccc2n1)C(=O)c1cc(Cl)c[nH]c1=O. The van der Waals surface area contributed by atoms with Gasteiger partial charge in [0.1, 0.15) is 5.56 Å². The molecule has 1 amide bonds. The third kappa shape index (κ3) is 3.24. The molecule has 0 aliphatic rings. The Hall–Kier alpha value is -2.66. The van der Waals surface area contributed by atoms with Gasteiger partial charge in [-0.15, -0.1) is 0 Å². The minimum atomic E-state index is -0.460. The third-order valence-corrected chi connectivity index (χ3v) is 3.72. The Bertz CT molecular complexity index is 936. The van der Waals surface area contributed by atoms with Gasteiger partial charge >= 0.3 is 0 Å². The van der Waals surface area contributed by atoms with E-state index in [0.29, 0.717) is 11.6 Å². The molecule has 0 radical (unpaired) electrons. The molecular weight excluding hydrogens is 314 g/mol. The van der Waals surface area contributed by atoms with Gasteiger partial charge in [0.05, 0.1) is 22.8 Å². The van der Waals surface area contributed by atoms with E-state index in [2.05, 4.69) is 9.97 Å².